The van der Waals surface area contributed by atoms with Crippen molar-refractivity contribution in [3.63, 3.8) is 0 Å². The van der Waals surface area contributed by atoms with Crippen molar-refractivity contribution in [3.05, 3.63) is 12.8 Å². The number of piperidine rings is 1. The summed E-state index contributed by atoms with van der Waals surface area (Å²) in [6.07, 6.45) is 4.65. The first-order chi connectivity index (χ1) is 16.5. The first kappa shape index (κ1) is 30.0. The zero-order valence-corrected chi connectivity index (χ0v) is 20.9. The van der Waals surface area contributed by atoms with Gasteiger partial charge in [0.2, 0.25) is 11.8 Å². The Balaban J connectivity index is 1.98. The highest BCUT2D eigenvalue weighted by Gasteiger charge is 2.26. The van der Waals surface area contributed by atoms with Crippen LogP contribution in [0.3, 0.4) is 0 Å². The van der Waals surface area contributed by atoms with Crippen LogP contribution >= 0.6 is 0 Å². The van der Waals surface area contributed by atoms with Gasteiger partial charge in [-0.05, 0) is 31.4 Å². The molecular formula is C24H43N3O7. The SMILES string of the molecule is C=CN[C@@H](CC1CCN(C(=O)COCCOCCOCCOCCNC(C)=O)CC1)C(=O)CC. The van der Waals surface area contributed by atoms with Crippen LogP contribution in [0.5, 0.6) is 0 Å². The summed E-state index contributed by atoms with van der Waals surface area (Å²) in [6, 6.07) is -0.182. The third-order valence-corrected chi connectivity index (χ3v) is 5.55. The van der Waals surface area contributed by atoms with Crippen LogP contribution in [0.2, 0.25) is 0 Å². The van der Waals surface area contributed by atoms with E-state index in [2.05, 4.69) is 17.2 Å². The third kappa shape index (κ3) is 14.3. The smallest absolute Gasteiger partial charge is 0.248 e. The Kier molecular flexibility index (Phi) is 17.1. The van der Waals surface area contributed by atoms with E-state index in [0.29, 0.717) is 78.2 Å². The van der Waals surface area contributed by atoms with Crippen LogP contribution in [0, 0.1) is 5.92 Å². The molecule has 1 saturated heterocycles. The Morgan fingerprint density at radius 2 is 1.53 bits per heavy atom. The molecule has 0 aliphatic carbocycles. The van der Waals surface area contributed by atoms with Gasteiger partial charge in [0, 0.05) is 33.0 Å². The Morgan fingerprint density at radius 3 is 2.06 bits per heavy atom. The molecular weight excluding hydrogens is 442 g/mol. The van der Waals surface area contributed by atoms with E-state index >= 15 is 0 Å². The van der Waals surface area contributed by atoms with Crippen molar-refractivity contribution in [2.24, 2.45) is 5.92 Å². The standard InChI is InChI=1S/C24H43N3O7/c1-4-23(29)22(25-5-2)18-21-6-9-27(10-7-21)24(30)19-34-17-16-33-15-14-32-13-12-31-11-8-26-20(3)28/h5,21-22,25H,2,4,6-19H2,1,3H3,(H,26,28)/t22-/m0/s1. The van der Waals surface area contributed by atoms with Crippen LogP contribution in [0.15, 0.2) is 12.8 Å². The Bertz CT molecular complexity index is 595. The monoisotopic (exact) mass is 485 g/mol. The van der Waals surface area contributed by atoms with E-state index in [1.165, 1.54) is 6.92 Å². The van der Waals surface area contributed by atoms with Gasteiger partial charge in [-0.2, -0.15) is 0 Å². The minimum atomic E-state index is -0.182. The second kappa shape index (κ2) is 19.3. The number of nitrogens with zero attached hydrogens (tertiary/aromatic N) is 1. The lowest BCUT2D eigenvalue weighted by Gasteiger charge is -2.33. The zero-order valence-electron chi connectivity index (χ0n) is 20.9. The molecule has 1 atom stereocenters. The van der Waals surface area contributed by atoms with E-state index in [4.69, 9.17) is 18.9 Å². The quantitative estimate of drug-likeness (QED) is 0.245. The fourth-order valence-electron chi connectivity index (χ4n) is 3.64. The van der Waals surface area contributed by atoms with Crippen molar-refractivity contribution in [1.29, 1.82) is 0 Å². The summed E-state index contributed by atoms with van der Waals surface area (Å²) in [5, 5.41) is 5.71. The molecule has 0 aromatic carbocycles. The summed E-state index contributed by atoms with van der Waals surface area (Å²) in [5.41, 5.74) is 0. The molecule has 0 spiro atoms. The summed E-state index contributed by atoms with van der Waals surface area (Å²) >= 11 is 0. The van der Waals surface area contributed by atoms with Crippen LogP contribution < -0.4 is 10.6 Å². The van der Waals surface area contributed by atoms with E-state index < -0.39 is 0 Å². The number of rotatable bonds is 20. The Morgan fingerprint density at radius 1 is 0.971 bits per heavy atom. The summed E-state index contributed by atoms with van der Waals surface area (Å²) in [5.74, 6) is 0.540. The summed E-state index contributed by atoms with van der Waals surface area (Å²) in [7, 11) is 0. The molecule has 0 bridgehead atoms. The van der Waals surface area contributed by atoms with Gasteiger partial charge in [-0.15, -0.1) is 0 Å². The number of carbonyl (C=O) groups excluding carboxylic acids is 3. The molecule has 10 heteroatoms. The lowest BCUT2D eigenvalue weighted by Crippen LogP contribution is -2.42. The molecule has 0 saturated carbocycles. The summed E-state index contributed by atoms with van der Waals surface area (Å²) in [6.45, 7) is 12.0. The van der Waals surface area contributed by atoms with Crippen LogP contribution in [0.1, 0.15) is 39.5 Å². The average molecular weight is 486 g/mol. The largest absolute Gasteiger partial charge is 0.382 e. The number of carbonyl (C=O) groups is 3. The van der Waals surface area contributed by atoms with Gasteiger partial charge < -0.3 is 34.5 Å². The fourth-order valence-corrected chi connectivity index (χ4v) is 3.64. The Hall–Kier alpha value is -2.01. The predicted octanol–water partition coefficient (Wildman–Crippen LogP) is 0.898. The van der Waals surface area contributed by atoms with Gasteiger partial charge >= 0.3 is 0 Å². The van der Waals surface area contributed by atoms with E-state index in [1.54, 1.807) is 6.20 Å². The van der Waals surface area contributed by atoms with Gasteiger partial charge in [0.15, 0.2) is 5.78 Å². The summed E-state index contributed by atoms with van der Waals surface area (Å²) in [4.78, 5) is 36.9. The molecule has 1 rings (SSSR count). The molecule has 1 aliphatic heterocycles. The highest BCUT2D eigenvalue weighted by Crippen LogP contribution is 2.22. The van der Waals surface area contributed by atoms with Gasteiger partial charge in [0.1, 0.15) is 6.61 Å². The molecule has 2 N–H and O–H groups in total. The Labute approximate surface area is 203 Å². The summed E-state index contributed by atoms with van der Waals surface area (Å²) < 4.78 is 21.6. The molecule has 0 aromatic heterocycles. The molecule has 10 nitrogen and oxygen atoms in total. The number of ether oxygens (including phenoxy) is 4. The molecule has 34 heavy (non-hydrogen) atoms. The van der Waals surface area contributed by atoms with E-state index in [1.807, 2.05) is 11.8 Å². The van der Waals surface area contributed by atoms with Gasteiger partial charge in [-0.1, -0.05) is 13.5 Å². The minimum absolute atomic E-state index is 0.00862. The van der Waals surface area contributed by atoms with Crippen molar-refractivity contribution in [1.82, 2.24) is 15.5 Å². The molecule has 1 aliphatic rings. The number of Topliss-reactive ketones (excluding diaryl/α,β-unsaturated/α-hetero) is 1. The molecule has 0 aromatic rings. The van der Waals surface area contributed by atoms with E-state index in [0.717, 1.165) is 19.3 Å². The van der Waals surface area contributed by atoms with Crippen LogP contribution in [0.4, 0.5) is 0 Å². The van der Waals surface area contributed by atoms with Crippen molar-refractivity contribution >= 4 is 17.6 Å². The lowest BCUT2D eigenvalue weighted by atomic mass is 9.88. The number of nitrogens with one attached hydrogen (secondary N) is 2. The second-order valence-electron chi connectivity index (χ2n) is 8.18. The van der Waals surface area contributed by atoms with Crippen LogP contribution in [-0.4, -0.2) is 101 Å². The molecule has 0 unspecified atom stereocenters. The van der Waals surface area contributed by atoms with E-state index in [-0.39, 0.29) is 30.2 Å². The average Bonchev–Trinajstić information content (AvgIpc) is 2.83. The van der Waals surface area contributed by atoms with Crippen molar-refractivity contribution < 1.29 is 33.3 Å². The maximum Gasteiger partial charge on any atom is 0.248 e. The molecule has 0 radical (unpaired) electrons. The number of likely N-dealkylation sites (tertiary alicyclic amines) is 1. The lowest BCUT2D eigenvalue weighted by molar-refractivity contribution is -0.138. The van der Waals surface area contributed by atoms with Gasteiger partial charge in [0.25, 0.3) is 0 Å². The fraction of sp³-hybridized carbons (Fsp3) is 0.792. The van der Waals surface area contributed by atoms with Crippen molar-refractivity contribution in [2.45, 2.75) is 45.6 Å². The van der Waals surface area contributed by atoms with Crippen LogP contribution in [-0.2, 0) is 33.3 Å². The van der Waals surface area contributed by atoms with E-state index in [9.17, 15) is 14.4 Å². The normalized spacial score (nSPS) is 15.1. The third-order valence-electron chi connectivity index (χ3n) is 5.55. The highest BCUT2D eigenvalue weighted by atomic mass is 16.6. The number of ketones is 1. The first-order valence-corrected chi connectivity index (χ1v) is 12.2. The van der Waals surface area contributed by atoms with Crippen molar-refractivity contribution in [2.75, 3.05) is 72.5 Å². The molecule has 2 amide bonds. The zero-order chi connectivity index (χ0) is 25.0. The number of hydrogen-bond donors (Lipinski definition) is 2. The van der Waals surface area contributed by atoms with Crippen molar-refractivity contribution in [3.8, 4) is 0 Å². The maximum absolute atomic E-state index is 12.3. The molecule has 196 valence electrons. The van der Waals surface area contributed by atoms with Gasteiger partial charge in [-0.3, -0.25) is 14.4 Å². The topological polar surface area (TPSA) is 115 Å². The minimum Gasteiger partial charge on any atom is -0.382 e. The second-order valence-corrected chi connectivity index (χ2v) is 8.18. The number of hydrogen-bond acceptors (Lipinski definition) is 8. The highest BCUT2D eigenvalue weighted by molar-refractivity contribution is 5.83. The van der Waals surface area contributed by atoms with Gasteiger partial charge in [0.05, 0.1) is 52.3 Å². The molecule has 1 fully saturated rings. The first-order valence-electron chi connectivity index (χ1n) is 12.2. The maximum atomic E-state index is 12.3. The van der Waals surface area contributed by atoms with Gasteiger partial charge in [-0.25, -0.2) is 0 Å². The predicted molar refractivity (Wildman–Crippen MR) is 128 cm³/mol. The molecule has 1 heterocycles. The van der Waals surface area contributed by atoms with Crippen LogP contribution in [0.25, 0.3) is 0 Å². The number of amides is 2.